The number of benzene rings is 1. The number of fused-ring (bicyclic) bond motifs is 1. The first-order valence-corrected chi connectivity index (χ1v) is 10.3. The van der Waals surface area contributed by atoms with Gasteiger partial charge in [0.1, 0.15) is 17.7 Å². The zero-order valence-corrected chi connectivity index (χ0v) is 16.5. The van der Waals surface area contributed by atoms with Crippen LogP contribution in [-0.2, 0) is 17.8 Å². The van der Waals surface area contributed by atoms with Gasteiger partial charge >= 0.3 is 0 Å². The van der Waals surface area contributed by atoms with Crippen molar-refractivity contribution in [3.8, 4) is 5.75 Å². The minimum absolute atomic E-state index is 0.00397. The Morgan fingerprint density at radius 1 is 1.39 bits per heavy atom. The molecule has 1 aliphatic rings. The molecule has 0 bridgehead atoms. The van der Waals surface area contributed by atoms with Crippen LogP contribution in [0.15, 0.2) is 41.1 Å². The molecule has 0 saturated carbocycles. The molecule has 8 heteroatoms. The fourth-order valence-electron chi connectivity index (χ4n) is 3.31. The van der Waals surface area contributed by atoms with E-state index >= 15 is 0 Å². The number of carbonyl (C=O) groups excluding carboxylic acids is 1. The first kappa shape index (κ1) is 18.6. The Kier molecular flexibility index (Phi) is 5.68. The number of hydrogen-bond acceptors (Lipinski definition) is 6. The van der Waals surface area contributed by atoms with Crippen molar-refractivity contribution in [2.45, 2.75) is 26.0 Å². The third-order valence-corrected chi connectivity index (χ3v) is 5.36. The molecule has 7 nitrogen and oxygen atoms in total. The molecule has 2 N–H and O–H groups in total. The van der Waals surface area contributed by atoms with Gasteiger partial charge in [-0.1, -0.05) is 18.2 Å². The van der Waals surface area contributed by atoms with E-state index in [-0.39, 0.29) is 12.0 Å². The lowest BCUT2D eigenvalue weighted by atomic mass is 10.2. The smallest absolute Gasteiger partial charge is 0.234 e. The van der Waals surface area contributed by atoms with E-state index in [1.54, 1.807) is 11.3 Å². The van der Waals surface area contributed by atoms with Crippen LogP contribution in [0.2, 0.25) is 0 Å². The van der Waals surface area contributed by atoms with Crippen LogP contribution in [0.3, 0.4) is 0 Å². The van der Waals surface area contributed by atoms with Gasteiger partial charge in [-0.05, 0) is 29.8 Å². The molecule has 28 heavy (non-hydrogen) atoms. The Balaban J connectivity index is 1.39. The van der Waals surface area contributed by atoms with E-state index in [1.807, 2.05) is 25.1 Å². The molecule has 1 aromatic carbocycles. The Hall–Kier alpha value is -2.71. The Bertz CT molecular complexity index is 924. The third kappa shape index (κ3) is 4.58. The van der Waals surface area contributed by atoms with Crippen molar-refractivity contribution in [2.75, 3.05) is 19.6 Å². The molecule has 3 aromatic rings. The molecule has 1 unspecified atom stereocenters. The first-order chi connectivity index (χ1) is 13.7. The Labute approximate surface area is 167 Å². The number of H-pyrrole nitrogens is 1. The predicted octanol–water partition coefficient (Wildman–Crippen LogP) is 2.47. The maximum atomic E-state index is 12.5. The number of nitrogens with one attached hydrogen (secondary N) is 2. The molecule has 1 atom stereocenters. The van der Waals surface area contributed by atoms with Crippen LogP contribution in [-0.4, -0.2) is 45.6 Å². The van der Waals surface area contributed by atoms with E-state index in [0.29, 0.717) is 38.4 Å². The fourth-order valence-corrected chi connectivity index (χ4v) is 4.01. The topological polar surface area (TPSA) is 83.1 Å². The summed E-state index contributed by atoms with van der Waals surface area (Å²) >= 11 is 1.65. The molecule has 1 aliphatic heterocycles. The molecule has 0 spiro atoms. The number of aromatic amines is 1. The highest BCUT2D eigenvalue weighted by molar-refractivity contribution is 7.07. The Morgan fingerprint density at radius 2 is 2.29 bits per heavy atom. The van der Waals surface area contributed by atoms with Gasteiger partial charge in [-0.25, -0.2) is 4.98 Å². The molecule has 0 saturated heterocycles. The molecule has 146 valence electrons. The summed E-state index contributed by atoms with van der Waals surface area (Å²) in [5, 5.41) is 14.0. The average Bonchev–Trinajstić information content (AvgIpc) is 3.31. The highest BCUT2D eigenvalue weighted by Crippen LogP contribution is 2.31. The Morgan fingerprint density at radius 3 is 3.07 bits per heavy atom. The zero-order valence-electron chi connectivity index (χ0n) is 15.7. The standard InChI is InChI=1S/C20H23N5O2S/c1-14-22-19(24-23-14)6-8-21-20(26)12-25-10-15-4-2-3-5-17(15)27-18(11-25)16-7-9-28-13-16/h2-5,7,9,13,18H,6,8,10-12H2,1H3,(H,21,26)(H,22,23,24). The number of amides is 1. The van der Waals surface area contributed by atoms with E-state index in [4.69, 9.17) is 4.74 Å². The number of para-hydroxylation sites is 1. The van der Waals surface area contributed by atoms with E-state index in [2.05, 4.69) is 48.3 Å². The van der Waals surface area contributed by atoms with Gasteiger partial charge in [0, 0.05) is 37.2 Å². The van der Waals surface area contributed by atoms with E-state index in [1.165, 1.54) is 0 Å². The van der Waals surface area contributed by atoms with Crippen molar-refractivity contribution < 1.29 is 9.53 Å². The number of aromatic nitrogens is 3. The minimum atomic E-state index is -0.0843. The summed E-state index contributed by atoms with van der Waals surface area (Å²) in [4.78, 5) is 18.9. The van der Waals surface area contributed by atoms with Gasteiger partial charge in [0.05, 0.1) is 6.54 Å². The monoisotopic (exact) mass is 397 g/mol. The van der Waals surface area contributed by atoms with Gasteiger partial charge in [-0.3, -0.25) is 14.8 Å². The predicted molar refractivity (Wildman–Crippen MR) is 107 cm³/mol. The van der Waals surface area contributed by atoms with Gasteiger partial charge in [0.15, 0.2) is 5.82 Å². The van der Waals surface area contributed by atoms with Crippen molar-refractivity contribution in [3.05, 3.63) is 63.9 Å². The van der Waals surface area contributed by atoms with Gasteiger partial charge in [-0.15, -0.1) is 0 Å². The number of rotatable bonds is 6. The number of nitrogens with zero attached hydrogens (tertiary/aromatic N) is 3. The summed E-state index contributed by atoms with van der Waals surface area (Å²) in [6.07, 6.45) is 0.526. The average molecular weight is 398 g/mol. The summed E-state index contributed by atoms with van der Waals surface area (Å²) in [5.74, 6) is 2.38. The van der Waals surface area contributed by atoms with Crippen LogP contribution in [0.25, 0.3) is 0 Å². The van der Waals surface area contributed by atoms with Crippen LogP contribution in [0, 0.1) is 6.92 Å². The van der Waals surface area contributed by atoms with Gasteiger partial charge in [0.25, 0.3) is 0 Å². The van der Waals surface area contributed by atoms with Gasteiger partial charge < -0.3 is 10.1 Å². The molecule has 0 fully saturated rings. The summed E-state index contributed by atoms with van der Waals surface area (Å²) in [7, 11) is 0. The maximum Gasteiger partial charge on any atom is 0.234 e. The van der Waals surface area contributed by atoms with Crippen molar-refractivity contribution in [2.24, 2.45) is 0 Å². The number of ether oxygens (including phenoxy) is 1. The minimum Gasteiger partial charge on any atom is -0.484 e. The summed E-state index contributed by atoms with van der Waals surface area (Å²) < 4.78 is 6.27. The number of aryl methyl sites for hydroxylation is 1. The summed E-state index contributed by atoms with van der Waals surface area (Å²) in [5.41, 5.74) is 2.25. The van der Waals surface area contributed by atoms with Crippen LogP contribution in [0.1, 0.15) is 28.9 Å². The molecule has 1 amide bonds. The second kappa shape index (κ2) is 8.53. The fraction of sp³-hybridized carbons (Fsp3) is 0.350. The van der Waals surface area contributed by atoms with Crippen molar-refractivity contribution >= 4 is 17.2 Å². The van der Waals surface area contributed by atoms with E-state index in [9.17, 15) is 4.79 Å². The SMILES string of the molecule is Cc1nc(CCNC(=O)CN2Cc3ccccc3OC(c3ccsc3)C2)n[nH]1. The molecular weight excluding hydrogens is 374 g/mol. The number of carbonyl (C=O) groups is 1. The highest BCUT2D eigenvalue weighted by Gasteiger charge is 2.25. The van der Waals surface area contributed by atoms with Crippen molar-refractivity contribution in [1.29, 1.82) is 0 Å². The summed E-state index contributed by atoms with van der Waals surface area (Å²) in [6, 6.07) is 10.1. The molecule has 2 aromatic heterocycles. The van der Waals surface area contributed by atoms with Gasteiger partial charge in [-0.2, -0.15) is 16.4 Å². The molecule has 3 heterocycles. The second-order valence-corrected chi connectivity index (χ2v) is 7.66. The van der Waals surface area contributed by atoms with E-state index < -0.39 is 0 Å². The molecule has 0 radical (unpaired) electrons. The molecular formula is C20H23N5O2S. The highest BCUT2D eigenvalue weighted by atomic mass is 32.1. The normalized spacial score (nSPS) is 16.8. The van der Waals surface area contributed by atoms with Gasteiger partial charge in [0.2, 0.25) is 5.91 Å². The van der Waals surface area contributed by atoms with Crippen LogP contribution in [0.5, 0.6) is 5.75 Å². The lowest BCUT2D eigenvalue weighted by Crippen LogP contribution is -2.39. The molecule has 4 rings (SSSR count). The molecule has 0 aliphatic carbocycles. The van der Waals surface area contributed by atoms with Crippen molar-refractivity contribution in [1.82, 2.24) is 25.4 Å². The number of hydrogen-bond donors (Lipinski definition) is 2. The lowest BCUT2D eigenvalue weighted by molar-refractivity contribution is -0.122. The summed E-state index contributed by atoms with van der Waals surface area (Å²) in [6.45, 7) is 4.05. The lowest BCUT2D eigenvalue weighted by Gasteiger charge is -2.23. The van der Waals surface area contributed by atoms with E-state index in [0.717, 1.165) is 22.7 Å². The quantitative estimate of drug-likeness (QED) is 0.668. The van der Waals surface area contributed by atoms with Crippen LogP contribution < -0.4 is 10.1 Å². The van der Waals surface area contributed by atoms with Crippen molar-refractivity contribution in [3.63, 3.8) is 0 Å². The largest absolute Gasteiger partial charge is 0.484 e. The zero-order chi connectivity index (χ0) is 19.3. The number of thiophene rings is 1. The second-order valence-electron chi connectivity index (χ2n) is 6.88. The first-order valence-electron chi connectivity index (χ1n) is 9.31. The van der Waals surface area contributed by atoms with Crippen LogP contribution >= 0.6 is 11.3 Å². The third-order valence-electron chi connectivity index (χ3n) is 4.66. The van der Waals surface area contributed by atoms with Crippen LogP contribution in [0.4, 0.5) is 0 Å². The maximum absolute atomic E-state index is 12.5.